The Morgan fingerprint density at radius 2 is 0.532 bits per heavy atom. The Bertz CT molecular complexity index is 1470. The summed E-state index contributed by atoms with van der Waals surface area (Å²) in [5, 5.41) is 6.63. The van der Waals surface area contributed by atoms with Crippen LogP contribution in [0.5, 0.6) is 0 Å². The van der Waals surface area contributed by atoms with E-state index in [2.05, 4.69) is 182 Å². The van der Waals surface area contributed by atoms with Crippen LogP contribution in [0.1, 0.15) is 13.8 Å². The van der Waals surface area contributed by atoms with Crippen molar-refractivity contribution in [3.63, 3.8) is 0 Å². The van der Waals surface area contributed by atoms with Crippen molar-refractivity contribution in [2.24, 2.45) is 0 Å². The Hall–Kier alpha value is -3.52. The Morgan fingerprint density at radius 1 is 0.340 bits per heavy atom. The molecule has 0 aliphatic rings. The number of benzene rings is 6. The van der Waals surface area contributed by atoms with Gasteiger partial charge >= 0.3 is 289 Å². The van der Waals surface area contributed by atoms with Crippen LogP contribution in [0.2, 0.25) is 0 Å². The van der Waals surface area contributed by atoms with Gasteiger partial charge in [-0.25, -0.2) is 0 Å². The number of hydrogen-bond donors (Lipinski definition) is 0. The molecule has 0 saturated carbocycles. The van der Waals surface area contributed by atoms with Crippen molar-refractivity contribution in [2.45, 2.75) is 13.8 Å². The molecule has 0 atom stereocenters. The third kappa shape index (κ3) is 6.89. The van der Waals surface area contributed by atoms with Crippen LogP contribution >= 0.6 is 0 Å². The normalized spacial score (nSPS) is 12.1. The predicted molar refractivity (Wildman–Crippen MR) is 193 cm³/mol. The molecule has 0 amide bonds. The summed E-state index contributed by atoms with van der Waals surface area (Å²) in [6, 6.07) is 63.5. The summed E-state index contributed by atoms with van der Waals surface area (Å²) >= 11 is -5.14. The Labute approximate surface area is 287 Å². The quantitative estimate of drug-likeness (QED) is 0.114. The van der Waals surface area contributed by atoms with Gasteiger partial charge in [-0.1, -0.05) is 0 Å². The van der Waals surface area contributed by atoms with E-state index in [1.54, 1.807) is 0 Å². The summed E-state index contributed by atoms with van der Waals surface area (Å²) in [6.45, 7) is 4.79. The molecule has 0 unspecified atom stereocenters. The minimum atomic E-state index is -5.14. The van der Waals surface area contributed by atoms with Crippen molar-refractivity contribution in [2.75, 3.05) is 13.2 Å². The molecule has 0 saturated heterocycles. The van der Waals surface area contributed by atoms with E-state index >= 15 is 0 Å². The summed E-state index contributed by atoms with van der Waals surface area (Å²) in [5.41, 5.74) is 0. The summed E-state index contributed by atoms with van der Waals surface area (Å²) in [6.07, 6.45) is 0. The van der Waals surface area contributed by atoms with Crippen molar-refractivity contribution >= 4 is 47.8 Å². The fourth-order valence-electron chi connectivity index (χ4n) is 6.30. The molecule has 0 aromatic heterocycles. The first-order chi connectivity index (χ1) is 23.2. The predicted octanol–water partition coefficient (Wildman–Crippen LogP) is 5.24. The number of hydrogen-bond acceptors (Lipinski definition) is 4. The van der Waals surface area contributed by atoms with Gasteiger partial charge in [-0.3, -0.25) is 0 Å². The van der Waals surface area contributed by atoms with Gasteiger partial charge in [0.25, 0.3) is 0 Å². The van der Waals surface area contributed by atoms with Crippen LogP contribution in [0.3, 0.4) is 0 Å². The van der Waals surface area contributed by atoms with E-state index in [4.69, 9.17) is 10.6 Å². The van der Waals surface area contributed by atoms with Gasteiger partial charge in [0.15, 0.2) is 0 Å². The molecule has 0 radical (unpaired) electrons. The molecule has 0 fully saturated rings. The first-order valence-corrected chi connectivity index (χ1v) is 24.0. The molecule has 236 valence electrons. The number of rotatable bonds is 14. The van der Waals surface area contributed by atoms with E-state index in [-0.39, 0.29) is 0 Å². The maximum absolute atomic E-state index is 7.90. The van der Waals surface area contributed by atoms with Crippen LogP contribution in [0.25, 0.3) is 0 Å². The van der Waals surface area contributed by atoms with Gasteiger partial charge in [0, 0.05) is 0 Å². The van der Waals surface area contributed by atoms with Crippen LogP contribution in [0.4, 0.5) is 0 Å². The van der Waals surface area contributed by atoms with Gasteiger partial charge in [0.05, 0.1) is 0 Å². The van der Waals surface area contributed by atoms with Crippen molar-refractivity contribution in [1.82, 2.24) is 0 Å². The van der Waals surface area contributed by atoms with E-state index in [0.29, 0.717) is 13.2 Å². The molecule has 0 spiro atoms. The van der Waals surface area contributed by atoms with Crippen LogP contribution in [-0.2, 0) is 32.7 Å². The van der Waals surface area contributed by atoms with Gasteiger partial charge in [0.2, 0.25) is 0 Å². The minimum absolute atomic E-state index is 0.391. The van der Waals surface area contributed by atoms with Gasteiger partial charge in [-0.05, 0) is 0 Å². The second kappa shape index (κ2) is 15.6. The van der Waals surface area contributed by atoms with Crippen molar-refractivity contribution < 1.29 is 32.7 Å². The Balaban J connectivity index is 1.67. The molecule has 6 aromatic rings. The van der Waals surface area contributed by atoms with E-state index in [0.717, 1.165) is 31.1 Å². The molecular weight excluding hydrogens is 692 g/mol. The summed E-state index contributed by atoms with van der Waals surface area (Å²) in [5.74, 6) is 0. The zero-order chi connectivity index (χ0) is 32.4. The van der Waals surface area contributed by atoms with E-state index in [1.165, 1.54) is 0 Å². The molecule has 6 aromatic carbocycles. The van der Waals surface area contributed by atoms with E-state index in [1.807, 2.05) is 13.8 Å². The van der Waals surface area contributed by atoms with Crippen LogP contribution in [-0.4, -0.2) is 29.8 Å². The molecule has 0 aliphatic carbocycles. The average molecular weight is 732 g/mol. The Morgan fingerprint density at radius 3 is 0.702 bits per heavy atom. The fourth-order valence-corrected chi connectivity index (χ4v) is 29.5. The molecule has 0 N–H and O–H groups in total. The third-order valence-electron chi connectivity index (χ3n) is 8.28. The topological polar surface area (TPSA) is 36.9 Å². The SMILES string of the molecule is CC[O][Zr]([O]CC)([O][Si](c1ccccc1)(c1ccccc1)c1ccccc1)[O][Si](c1ccccc1)(c1ccccc1)c1ccccc1. The maximum atomic E-state index is 7.90. The molecule has 0 bridgehead atoms. The molecule has 0 aliphatic heterocycles. The summed E-state index contributed by atoms with van der Waals surface area (Å²) in [4.78, 5) is 0. The van der Waals surface area contributed by atoms with Crippen LogP contribution < -0.4 is 31.1 Å². The standard InChI is InChI=1S/2C18H15OSi.2C2H5O.Zr/c2*19-20(16-10-4-1-5-11-16,17-12-6-2-7-13-17)18-14-8-3-9-15-18;2*1-2-3;/h2*1-15H;2*2H2,1H3;/q4*-1;+4. The third-order valence-corrected chi connectivity index (χ3v) is 27.6. The second-order valence-electron chi connectivity index (χ2n) is 11.1. The van der Waals surface area contributed by atoms with Crippen LogP contribution in [0, 0.1) is 0 Å². The van der Waals surface area contributed by atoms with E-state index < -0.39 is 38.7 Å². The van der Waals surface area contributed by atoms with Gasteiger partial charge in [-0.15, -0.1) is 0 Å². The van der Waals surface area contributed by atoms with E-state index in [9.17, 15) is 0 Å². The molecular formula is C40H40O4Si2Zr. The average Bonchev–Trinajstić information content (AvgIpc) is 3.15. The van der Waals surface area contributed by atoms with Crippen molar-refractivity contribution in [1.29, 1.82) is 0 Å². The second-order valence-corrected chi connectivity index (χ2v) is 24.6. The van der Waals surface area contributed by atoms with Crippen molar-refractivity contribution in [3.8, 4) is 0 Å². The zero-order valence-electron chi connectivity index (χ0n) is 26.9. The van der Waals surface area contributed by atoms with Gasteiger partial charge in [-0.2, -0.15) is 0 Å². The molecule has 4 nitrogen and oxygen atoms in total. The first-order valence-electron chi connectivity index (χ1n) is 16.2. The summed E-state index contributed by atoms with van der Waals surface area (Å²) in [7, 11) is -6.59. The van der Waals surface area contributed by atoms with Crippen molar-refractivity contribution in [3.05, 3.63) is 182 Å². The molecule has 7 heteroatoms. The molecule has 6 rings (SSSR count). The molecule has 47 heavy (non-hydrogen) atoms. The first kappa shape index (κ1) is 33.4. The monoisotopic (exact) mass is 730 g/mol. The zero-order valence-corrected chi connectivity index (χ0v) is 31.3. The van der Waals surface area contributed by atoms with Gasteiger partial charge < -0.3 is 0 Å². The fraction of sp³-hybridized carbons (Fsp3) is 0.100. The Kier molecular flexibility index (Phi) is 11.1. The molecule has 0 heterocycles. The van der Waals surface area contributed by atoms with Gasteiger partial charge in [0.1, 0.15) is 0 Å². The summed E-state index contributed by atoms with van der Waals surface area (Å²) < 4.78 is 29.6. The van der Waals surface area contributed by atoms with Crippen LogP contribution in [0.15, 0.2) is 182 Å².